The van der Waals surface area contributed by atoms with Gasteiger partial charge in [-0.05, 0) is 11.6 Å². The van der Waals surface area contributed by atoms with Crippen molar-refractivity contribution >= 4 is 17.4 Å². The third-order valence-electron chi connectivity index (χ3n) is 5.04. The topological polar surface area (TPSA) is 169 Å². The molecule has 0 spiro atoms. The van der Waals surface area contributed by atoms with Crippen LogP contribution in [0.2, 0.25) is 0 Å². The van der Waals surface area contributed by atoms with Gasteiger partial charge in [0.2, 0.25) is 0 Å². The second-order valence-electron chi connectivity index (χ2n) is 7.37. The number of nitrogens with one attached hydrogen (secondary N) is 2. The number of nitro benzene ring substituents is 1. The molecule has 1 saturated heterocycles. The second kappa shape index (κ2) is 10.1. The summed E-state index contributed by atoms with van der Waals surface area (Å²) in [5.41, 5.74) is -0.863. The molecule has 15 heteroatoms. The average molecular weight is 487 g/mol. The Kier molecular flexibility index (Phi) is 7.48. The van der Waals surface area contributed by atoms with Crippen LogP contribution in [-0.2, 0) is 22.6 Å². The van der Waals surface area contributed by atoms with Crippen LogP contribution in [0.15, 0.2) is 35.3 Å². The van der Waals surface area contributed by atoms with Crippen molar-refractivity contribution in [2.45, 2.75) is 44.1 Å². The number of aromatic nitrogens is 2. The van der Waals surface area contributed by atoms with E-state index in [1.54, 1.807) is 5.32 Å². The van der Waals surface area contributed by atoms with E-state index in [2.05, 4.69) is 10.3 Å². The maximum atomic E-state index is 12.3. The van der Waals surface area contributed by atoms with Gasteiger partial charge in [-0.3, -0.25) is 19.5 Å². The van der Waals surface area contributed by atoms with Crippen molar-refractivity contribution in [1.29, 1.82) is 0 Å². The lowest BCUT2D eigenvalue weighted by molar-refractivity contribution is -0.385. The summed E-state index contributed by atoms with van der Waals surface area (Å²) in [6.45, 7) is -1.10. The van der Waals surface area contributed by atoms with Crippen LogP contribution in [0.4, 0.5) is 24.7 Å². The van der Waals surface area contributed by atoms with Gasteiger partial charge in [-0.1, -0.05) is 12.1 Å². The first kappa shape index (κ1) is 25.1. The van der Waals surface area contributed by atoms with Gasteiger partial charge in [0, 0.05) is 37.3 Å². The first-order chi connectivity index (χ1) is 16.0. The van der Waals surface area contributed by atoms with Crippen LogP contribution in [0, 0.1) is 10.1 Å². The van der Waals surface area contributed by atoms with Crippen LogP contribution >= 0.6 is 0 Å². The Balaban J connectivity index is 1.67. The number of hydrogen-bond acceptors (Lipinski definition) is 9. The molecular weight excluding hydrogens is 467 g/mol. The Labute approximate surface area is 189 Å². The predicted octanol–water partition coefficient (Wildman–Crippen LogP) is 0.583. The monoisotopic (exact) mass is 487 g/mol. The van der Waals surface area contributed by atoms with Gasteiger partial charge in [-0.15, -0.1) is 0 Å². The SMILES string of the molecule is O=C(NCc1ccc(CNc2ccn([C@H]3CC(O)[C@@H](CO)O3)c(=O)n2)c([N+](=O)[O-])c1)C(F)(F)F. The molecule has 0 saturated carbocycles. The smallest absolute Gasteiger partial charge is 0.394 e. The maximum absolute atomic E-state index is 12.3. The number of anilines is 1. The Morgan fingerprint density at radius 1 is 1.32 bits per heavy atom. The molecule has 3 atom stereocenters. The first-order valence-electron chi connectivity index (χ1n) is 9.88. The summed E-state index contributed by atoms with van der Waals surface area (Å²) in [4.78, 5) is 37.7. The number of rotatable bonds is 8. The molecule has 184 valence electrons. The van der Waals surface area contributed by atoms with Gasteiger partial charge in [-0.25, -0.2) is 4.79 Å². The summed E-state index contributed by atoms with van der Waals surface area (Å²) in [6.07, 6.45) is -6.20. The lowest BCUT2D eigenvalue weighted by Gasteiger charge is -2.15. The van der Waals surface area contributed by atoms with Crippen molar-refractivity contribution in [2.75, 3.05) is 11.9 Å². The number of carbonyl (C=O) groups is 1. The highest BCUT2D eigenvalue weighted by Crippen LogP contribution is 2.27. The van der Waals surface area contributed by atoms with Crippen molar-refractivity contribution < 1.29 is 37.8 Å². The molecule has 1 aliphatic heterocycles. The van der Waals surface area contributed by atoms with E-state index in [0.29, 0.717) is 0 Å². The van der Waals surface area contributed by atoms with Crippen LogP contribution in [0.1, 0.15) is 23.8 Å². The third-order valence-corrected chi connectivity index (χ3v) is 5.04. The van der Waals surface area contributed by atoms with E-state index in [1.165, 1.54) is 24.4 Å². The van der Waals surface area contributed by atoms with Crippen LogP contribution in [0.3, 0.4) is 0 Å². The molecule has 1 unspecified atom stereocenters. The molecule has 12 nitrogen and oxygen atoms in total. The van der Waals surface area contributed by atoms with Crippen LogP contribution in [-0.4, -0.2) is 55.6 Å². The van der Waals surface area contributed by atoms with Crippen molar-refractivity contribution in [3.05, 3.63) is 62.2 Å². The van der Waals surface area contributed by atoms with Crippen LogP contribution in [0.5, 0.6) is 0 Å². The fourth-order valence-electron chi connectivity index (χ4n) is 3.29. The minimum Gasteiger partial charge on any atom is -0.394 e. The van der Waals surface area contributed by atoms with Gasteiger partial charge in [0.25, 0.3) is 5.69 Å². The molecule has 0 bridgehead atoms. The molecule has 1 aromatic carbocycles. The van der Waals surface area contributed by atoms with E-state index >= 15 is 0 Å². The minimum atomic E-state index is -5.07. The summed E-state index contributed by atoms with van der Waals surface area (Å²) in [7, 11) is 0. The molecule has 1 fully saturated rings. The predicted molar refractivity (Wildman–Crippen MR) is 108 cm³/mol. The molecule has 1 aromatic heterocycles. The van der Waals surface area contributed by atoms with Crippen LogP contribution in [0.25, 0.3) is 0 Å². The highest BCUT2D eigenvalue weighted by Gasteiger charge is 2.38. The third kappa shape index (κ3) is 5.86. The van der Waals surface area contributed by atoms with Crippen molar-refractivity contribution in [3.63, 3.8) is 0 Å². The summed E-state index contributed by atoms with van der Waals surface area (Å²) in [5, 5.41) is 34.7. The van der Waals surface area contributed by atoms with Gasteiger partial charge >= 0.3 is 17.8 Å². The van der Waals surface area contributed by atoms with E-state index in [9.17, 15) is 38.0 Å². The summed E-state index contributed by atoms with van der Waals surface area (Å²) in [6, 6.07) is 5.09. The van der Waals surface area contributed by atoms with Crippen molar-refractivity contribution in [3.8, 4) is 0 Å². The zero-order chi connectivity index (χ0) is 25.0. The fourth-order valence-corrected chi connectivity index (χ4v) is 3.29. The highest BCUT2D eigenvalue weighted by molar-refractivity contribution is 5.81. The van der Waals surface area contributed by atoms with Gasteiger partial charge < -0.3 is 25.6 Å². The number of amides is 1. The van der Waals surface area contributed by atoms with Crippen molar-refractivity contribution in [1.82, 2.24) is 14.9 Å². The number of ether oxygens (including phenoxy) is 1. The second-order valence-corrected chi connectivity index (χ2v) is 7.37. The van der Waals surface area contributed by atoms with E-state index in [0.717, 1.165) is 10.6 Å². The Morgan fingerprint density at radius 3 is 2.65 bits per heavy atom. The molecule has 1 aliphatic rings. The molecule has 3 rings (SSSR count). The summed E-state index contributed by atoms with van der Waals surface area (Å²) < 4.78 is 43.4. The average Bonchev–Trinajstić information content (AvgIpc) is 3.15. The number of nitro groups is 1. The Hall–Kier alpha value is -3.56. The van der Waals surface area contributed by atoms with Crippen molar-refractivity contribution in [2.24, 2.45) is 0 Å². The number of carbonyl (C=O) groups excluding carboxylic acids is 1. The zero-order valence-corrected chi connectivity index (χ0v) is 17.4. The number of nitrogens with zero attached hydrogens (tertiary/aromatic N) is 3. The normalized spacial score (nSPS) is 20.2. The van der Waals surface area contributed by atoms with E-state index in [1.807, 2.05) is 0 Å². The molecule has 0 aliphatic carbocycles. The van der Waals surface area contributed by atoms with E-state index < -0.39 is 60.0 Å². The molecule has 2 aromatic rings. The number of aliphatic hydroxyl groups is 2. The fraction of sp³-hybridized carbons (Fsp3) is 0.421. The van der Waals surface area contributed by atoms with Gasteiger partial charge in [0.15, 0.2) is 0 Å². The number of benzene rings is 1. The molecule has 0 radical (unpaired) electrons. The molecule has 1 amide bonds. The Bertz CT molecular complexity index is 1120. The Morgan fingerprint density at radius 2 is 2.06 bits per heavy atom. The lowest BCUT2D eigenvalue weighted by atomic mass is 10.1. The van der Waals surface area contributed by atoms with Crippen LogP contribution < -0.4 is 16.3 Å². The van der Waals surface area contributed by atoms with Gasteiger partial charge in [-0.2, -0.15) is 18.2 Å². The number of aliphatic hydroxyl groups excluding tert-OH is 2. The summed E-state index contributed by atoms with van der Waals surface area (Å²) in [5.74, 6) is -2.07. The molecule has 4 N–H and O–H groups in total. The number of alkyl halides is 3. The first-order valence-corrected chi connectivity index (χ1v) is 9.88. The van der Waals surface area contributed by atoms with Gasteiger partial charge in [0.1, 0.15) is 18.1 Å². The quantitative estimate of drug-likeness (QED) is 0.307. The zero-order valence-electron chi connectivity index (χ0n) is 17.4. The van der Waals surface area contributed by atoms with E-state index in [-0.39, 0.29) is 29.9 Å². The number of hydrogen-bond donors (Lipinski definition) is 4. The minimum absolute atomic E-state index is 0.0849. The lowest BCUT2D eigenvalue weighted by Crippen LogP contribution is -2.36. The van der Waals surface area contributed by atoms with E-state index in [4.69, 9.17) is 9.84 Å². The highest BCUT2D eigenvalue weighted by atomic mass is 19.4. The molecular formula is C19H20F3N5O7. The number of halogens is 3. The van der Waals surface area contributed by atoms with Gasteiger partial charge in [0.05, 0.1) is 17.6 Å². The standard InChI is InChI=1S/C19H20F3N5O7/c20-19(21,22)17(30)24-7-10-1-2-11(12(5-10)27(32)33)8-23-15-3-4-26(18(31)25-15)16-6-13(29)14(9-28)34-16/h1-5,13-14,16,28-29H,6-9H2,(H,24,30)(H,23,25,31)/t13?,14-,16-/m1/s1. The maximum Gasteiger partial charge on any atom is 0.471 e. The molecule has 2 heterocycles. The molecule has 34 heavy (non-hydrogen) atoms. The largest absolute Gasteiger partial charge is 0.471 e. The summed E-state index contributed by atoms with van der Waals surface area (Å²) >= 11 is 0.